The fourth-order valence-electron chi connectivity index (χ4n) is 1.71. The lowest BCUT2D eigenvalue weighted by atomic mass is 9.75. The molecule has 1 heterocycles. The third kappa shape index (κ3) is 1.36. The Morgan fingerprint density at radius 1 is 1.50 bits per heavy atom. The van der Waals surface area contributed by atoms with Crippen molar-refractivity contribution in [1.82, 2.24) is 9.97 Å². The summed E-state index contributed by atoms with van der Waals surface area (Å²) in [6.45, 7) is 9.01. The lowest BCUT2D eigenvalue weighted by Gasteiger charge is -2.29. The van der Waals surface area contributed by atoms with Crippen LogP contribution in [0.4, 0.5) is 0 Å². The molecule has 0 aliphatic heterocycles. The molecule has 0 radical (unpaired) electrons. The smallest absolute Gasteiger partial charge is 0.274 e. The monoisotopic (exact) mass is 207 g/mol. The number of rotatable bonds is 1. The van der Waals surface area contributed by atoms with Crippen LogP contribution >= 0.6 is 11.6 Å². The summed E-state index contributed by atoms with van der Waals surface area (Å²) in [5.74, 6) is 0.641. The highest BCUT2D eigenvalue weighted by Crippen LogP contribution is 2.44. The number of halogens is 1. The Morgan fingerprint density at radius 2 is 2.21 bits per heavy atom. The molecule has 0 bridgehead atoms. The maximum Gasteiger partial charge on any atom is 0.274 e. The van der Waals surface area contributed by atoms with Crippen molar-refractivity contribution < 1.29 is 0 Å². The molecule has 14 heavy (non-hydrogen) atoms. The molecule has 0 N–H and O–H groups in total. The largest absolute Gasteiger partial charge is 0.303 e. The van der Waals surface area contributed by atoms with Gasteiger partial charge in [-0.15, -0.1) is 0 Å². The van der Waals surface area contributed by atoms with Crippen LogP contribution in [-0.2, 0) is 5.54 Å². The number of hydrogen-bond acceptors (Lipinski definition) is 2. The zero-order valence-corrected chi connectivity index (χ0v) is 8.67. The van der Waals surface area contributed by atoms with Crippen LogP contribution in [0.3, 0.4) is 0 Å². The van der Waals surface area contributed by atoms with Gasteiger partial charge in [0.15, 0.2) is 0 Å². The van der Waals surface area contributed by atoms with E-state index in [2.05, 4.69) is 14.8 Å². The van der Waals surface area contributed by atoms with Gasteiger partial charge in [-0.3, -0.25) is 0 Å². The van der Waals surface area contributed by atoms with Crippen molar-refractivity contribution in [3.8, 4) is 0 Å². The van der Waals surface area contributed by atoms with Crippen molar-refractivity contribution in [2.24, 2.45) is 0 Å². The van der Waals surface area contributed by atoms with Gasteiger partial charge in [-0.25, -0.2) is 16.5 Å². The van der Waals surface area contributed by atoms with E-state index < -0.39 is 5.54 Å². The molecule has 1 aliphatic carbocycles. The van der Waals surface area contributed by atoms with E-state index in [9.17, 15) is 0 Å². The lowest BCUT2D eigenvalue weighted by molar-refractivity contribution is 0.301. The van der Waals surface area contributed by atoms with Crippen molar-refractivity contribution in [2.45, 2.75) is 31.7 Å². The maximum absolute atomic E-state index is 7.21. The van der Waals surface area contributed by atoms with E-state index in [0.717, 1.165) is 25.0 Å². The van der Waals surface area contributed by atoms with Gasteiger partial charge in [0.1, 0.15) is 16.7 Å². The molecule has 0 spiro atoms. The maximum atomic E-state index is 7.21. The van der Waals surface area contributed by atoms with Crippen LogP contribution in [0.5, 0.6) is 0 Å². The Morgan fingerprint density at radius 3 is 2.64 bits per heavy atom. The summed E-state index contributed by atoms with van der Waals surface area (Å²) in [4.78, 5) is 12.0. The van der Waals surface area contributed by atoms with Crippen molar-refractivity contribution in [3.63, 3.8) is 0 Å². The zero-order valence-electron chi connectivity index (χ0n) is 7.92. The van der Waals surface area contributed by atoms with E-state index in [1.165, 1.54) is 0 Å². The molecule has 4 heteroatoms. The third-order valence-electron chi connectivity index (χ3n) is 2.68. The highest BCUT2D eigenvalue weighted by atomic mass is 35.5. The second kappa shape index (κ2) is 3.21. The van der Waals surface area contributed by atoms with Gasteiger partial charge >= 0.3 is 0 Å². The van der Waals surface area contributed by atoms with Gasteiger partial charge < -0.3 is 4.85 Å². The Labute approximate surface area is 88.0 Å². The Hall–Kier alpha value is -1.14. The quantitative estimate of drug-likeness (QED) is 0.524. The van der Waals surface area contributed by atoms with Gasteiger partial charge in [0.25, 0.3) is 5.54 Å². The lowest BCUT2D eigenvalue weighted by Crippen LogP contribution is -2.31. The molecular weight excluding hydrogens is 198 g/mol. The van der Waals surface area contributed by atoms with E-state index >= 15 is 0 Å². The molecule has 1 saturated carbocycles. The van der Waals surface area contributed by atoms with Crippen molar-refractivity contribution in [2.75, 3.05) is 0 Å². The molecule has 1 aromatic heterocycles. The fraction of sp³-hybridized carbons (Fsp3) is 0.500. The Balaban J connectivity index is 2.46. The number of aromatic nitrogens is 2. The first-order valence-corrected chi connectivity index (χ1v) is 4.94. The van der Waals surface area contributed by atoms with Gasteiger partial charge in [-0.1, -0.05) is 11.6 Å². The number of aryl methyl sites for hydroxylation is 1. The molecule has 0 aromatic carbocycles. The number of hydrogen-bond donors (Lipinski definition) is 0. The first-order chi connectivity index (χ1) is 6.66. The summed E-state index contributed by atoms with van der Waals surface area (Å²) >= 11 is 5.84. The van der Waals surface area contributed by atoms with Crippen LogP contribution in [0.1, 0.15) is 30.8 Å². The van der Waals surface area contributed by atoms with Gasteiger partial charge in [-0.2, -0.15) is 0 Å². The van der Waals surface area contributed by atoms with Crippen LogP contribution < -0.4 is 0 Å². The minimum Gasteiger partial charge on any atom is -0.303 e. The summed E-state index contributed by atoms with van der Waals surface area (Å²) in [7, 11) is 0. The van der Waals surface area contributed by atoms with Crippen molar-refractivity contribution in [1.29, 1.82) is 0 Å². The summed E-state index contributed by atoms with van der Waals surface area (Å²) < 4.78 is 0. The second-order valence-corrected chi connectivity index (χ2v) is 4.01. The standard InChI is InChI=1S/C10H10ClN3/c1-7-13-8(6-9(11)14-7)10(12-2)4-3-5-10/h6H,3-5H2,1H3. The first kappa shape index (κ1) is 9.42. The summed E-state index contributed by atoms with van der Waals surface area (Å²) in [5, 5.41) is 0.433. The van der Waals surface area contributed by atoms with Gasteiger partial charge in [-0.05, 0) is 13.3 Å². The minimum absolute atomic E-state index is 0.405. The molecule has 0 atom stereocenters. The predicted octanol–water partition coefficient (Wildman–Crippen LogP) is 2.74. The minimum atomic E-state index is -0.405. The van der Waals surface area contributed by atoms with E-state index in [1.54, 1.807) is 13.0 Å². The van der Waals surface area contributed by atoms with Crippen LogP contribution in [0.15, 0.2) is 6.07 Å². The second-order valence-electron chi connectivity index (χ2n) is 3.62. The average molecular weight is 208 g/mol. The molecule has 0 unspecified atom stereocenters. The van der Waals surface area contributed by atoms with E-state index in [0.29, 0.717) is 11.0 Å². The molecule has 1 aliphatic rings. The van der Waals surface area contributed by atoms with Crippen LogP contribution in [0.2, 0.25) is 5.15 Å². The SMILES string of the molecule is [C-]#[N+]C1(c2cc(Cl)nc(C)n2)CCC1. The number of nitrogens with zero attached hydrogens (tertiary/aromatic N) is 3. The summed E-state index contributed by atoms with van der Waals surface area (Å²) in [5.41, 5.74) is 0.383. The van der Waals surface area contributed by atoms with Gasteiger partial charge in [0, 0.05) is 18.9 Å². The third-order valence-corrected chi connectivity index (χ3v) is 2.87. The summed E-state index contributed by atoms with van der Waals surface area (Å²) in [6, 6.07) is 1.71. The van der Waals surface area contributed by atoms with E-state index in [1.807, 2.05) is 0 Å². The van der Waals surface area contributed by atoms with Crippen LogP contribution in [-0.4, -0.2) is 9.97 Å². The summed E-state index contributed by atoms with van der Waals surface area (Å²) in [6.07, 6.45) is 2.88. The fourth-order valence-corrected chi connectivity index (χ4v) is 1.93. The molecule has 2 rings (SSSR count). The molecule has 1 aromatic rings. The first-order valence-electron chi connectivity index (χ1n) is 4.57. The molecule has 0 amide bonds. The van der Waals surface area contributed by atoms with Gasteiger partial charge in [0.05, 0.1) is 0 Å². The van der Waals surface area contributed by atoms with E-state index in [-0.39, 0.29) is 0 Å². The molecule has 0 saturated heterocycles. The zero-order chi connectivity index (χ0) is 10.2. The van der Waals surface area contributed by atoms with E-state index in [4.69, 9.17) is 18.2 Å². The van der Waals surface area contributed by atoms with Crippen LogP contribution in [0.25, 0.3) is 4.85 Å². The molecule has 72 valence electrons. The molecular formula is C10H10ClN3. The molecule has 3 nitrogen and oxygen atoms in total. The highest BCUT2D eigenvalue weighted by Gasteiger charge is 2.47. The predicted molar refractivity (Wildman–Crippen MR) is 53.9 cm³/mol. The normalized spacial score (nSPS) is 18.4. The van der Waals surface area contributed by atoms with Crippen LogP contribution in [0, 0.1) is 13.5 Å². The van der Waals surface area contributed by atoms with Gasteiger partial charge in [0.2, 0.25) is 0 Å². The van der Waals surface area contributed by atoms with Crippen molar-refractivity contribution >= 4 is 11.6 Å². The van der Waals surface area contributed by atoms with Crippen molar-refractivity contribution in [3.05, 3.63) is 34.2 Å². The molecule has 1 fully saturated rings. The Bertz CT molecular complexity index is 384. The Kier molecular flexibility index (Phi) is 2.16. The topological polar surface area (TPSA) is 30.1 Å². The highest BCUT2D eigenvalue weighted by molar-refractivity contribution is 6.29. The average Bonchev–Trinajstić information content (AvgIpc) is 2.01.